The van der Waals surface area contributed by atoms with E-state index in [1.807, 2.05) is 36.4 Å². The molecule has 69 heavy (non-hydrogen) atoms. The second-order valence-corrected chi connectivity index (χ2v) is 26.0. The number of benzene rings is 6. The molecule has 0 unspecified atom stereocenters. The summed E-state index contributed by atoms with van der Waals surface area (Å²) in [6.07, 6.45) is 3.21. The standard InChI is InChI=1S/C42H33N4O.C19H26NSi.Ir/c1-24(2)35-21-30(29-17-16-27-11-6-7-12-28(27)20-29)22-36(25(3)4)39(35)46-38-26(5)10-8-15-37(38)45-41(46)34-14-9-13-32-33-19-18-31(23-43)44-42(33)47-40(32)34;1-19(2,3)13-16-12-17(15-10-8-7-9-11-15)20-14-18(16)21(4,5)6;/h6-13,15-22,24-25H,1-5H3;7-10,12,14H,13H2,1-6H3;/q2*-1;. The molecule has 0 fully saturated rings. The first kappa shape index (κ1) is 48.9. The first-order valence-corrected chi connectivity index (χ1v) is 27.3. The minimum atomic E-state index is -1.37. The van der Waals surface area contributed by atoms with Crippen LogP contribution in [-0.4, -0.2) is 27.6 Å². The van der Waals surface area contributed by atoms with E-state index in [1.165, 1.54) is 43.8 Å². The van der Waals surface area contributed by atoms with Crippen LogP contribution in [0, 0.1) is 35.8 Å². The van der Waals surface area contributed by atoms with Crippen LogP contribution in [0.2, 0.25) is 19.6 Å². The van der Waals surface area contributed by atoms with E-state index >= 15 is 0 Å². The van der Waals surface area contributed by atoms with Gasteiger partial charge in [-0.05, 0) is 116 Å². The van der Waals surface area contributed by atoms with Gasteiger partial charge in [0, 0.05) is 37.4 Å². The Labute approximate surface area is 421 Å². The largest absolute Gasteiger partial charge is 0.486 e. The number of fused-ring (bicyclic) bond motifs is 5. The fraction of sp³-hybridized carbons (Fsp3) is 0.246. The minimum absolute atomic E-state index is 0. The number of aromatic nitrogens is 4. The van der Waals surface area contributed by atoms with Crippen molar-refractivity contribution in [3.8, 4) is 45.5 Å². The fourth-order valence-corrected chi connectivity index (χ4v) is 11.1. The van der Waals surface area contributed by atoms with Crippen LogP contribution < -0.4 is 5.19 Å². The van der Waals surface area contributed by atoms with E-state index in [2.05, 4.69) is 194 Å². The Morgan fingerprint density at radius 2 is 1.46 bits per heavy atom. The van der Waals surface area contributed by atoms with Gasteiger partial charge in [-0.2, -0.15) is 5.26 Å². The average Bonchev–Trinajstić information content (AvgIpc) is 3.89. The van der Waals surface area contributed by atoms with Gasteiger partial charge >= 0.3 is 0 Å². The molecule has 0 saturated heterocycles. The van der Waals surface area contributed by atoms with Crippen LogP contribution in [0.25, 0.3) is 83.3 Å². The molecular weight excluding hydrogens is 1040 g/mol. The third kappa shape index (κ3) is 9.88. The molecular formula is C61H59IrN5OSi-2. The molecule has 1 radical (unpaired) electrons. The van der Waals surface area contributed by atoms with Gasteiger partial charge in [-0.1, -0.05) is 139 Å². The second kappa shape index (κ2) is 19.5. The molecule has 6 aromatic carbocycles. The zero-order valence-electron chi connectivity index (χ0n) is 41.5. The molecule has 349 valence electrons. The second-order valence-electron chi connectivity index (χ2n) is 20.9. The summed E-state index contributed by atoms with van der Waals surface area (Å²) in [6.45, 7) is 25.3. The van der Waals surface area contributed by atoms with Gasteiger partial charge in [0.15, 0.2) is 0 Å². The summed E-state index contributed by atoms with van der Waals surface area (Å²) in [4.78, 5) is 14.5. The van der Waals surface area contributed by atoms with Crippen molar-refractivity contribution in [2.45, 2.75) is 93.3 Å². The summed E-state index contributed by atoms with van der Waals surface area (Å²) in [5.74, 6) is 1.23. The molecule has 10 rings (SSSR count). The van der Waals surface area contributed by atoms with Gasteiger partial charge < -0.3 is 14.0 Å². The van der Waals surface area contributed by atoms with Crippen molar-refractivity contribution in [3.63, 3.8) is 0 Å². The molecule has 0 amide bonds. The molecule has 0 aliphatic carbocycles. The van der Waals surface area contributed by atoms with Gasteiger partial charge in [0.2, 0.25) is 5.71 Å². The monoisotopic (exact) mass is 1100 g/mol. The molecule has 4 heterocycles. The van der Waals surface area contributed by atoms with E-state index in [1.54, 1.807) is 6.07 Å². The Bertz CT molecular complexity index is 3520. The van der Waals surface area contributed by atoms with Gasteiger partial charge in [0.05, 0.1) is 30.5 Å². The minimum Gasteiger partial charge on any atom is -0.486 e. The maximum atomic E-state index is 9.48. The van der Waals surface area contributed by atoms with Crippen LogP contribution in [-0.2, 0) is 26.5 Å². The van der Waals surface area contributed by atoms with Crippen LogP contribution in [0.15, 0.2) is 138 Å². The Balaban J connectivity index is 0.000000246. The molecule has 10 aromatic rings. The quantitative estimate of drug-likeness (QED) is 0.112. The molecule has 0 bridgehead atoms. The van der Waals surface area contributed by atoms with Gasteiger partial charge in [-0.25, -0.2) is 4.98 Å². The third-order valence-corrected chi connectivity index (χ3v) is 14.8. The number of hydrogen-bond donors (Lipinski definition) is 0. The number of rotatable bonds is 8. The maximum absolute atomic E-state index is 9.48. The van der Waals surface area contributed by atoms with Crippen molar-refractivity contribution in [3.05, 3.63) is 174 Å². The van der Waals surface area contributed by atoms with E-state index in [0.29, 0.717) is 17.0 Å². The maximum Gasteiger partial charge on any atom is 0.217 e. The van der Waals surface area contributed by atoms with E-state index in [4.69, 9.17) is 14.4 Å². The van der Waals surface area contributed by atoms with Crippen LogP contribution in [0.5, 0.6) is 0 Å². The van der Waals surface area contributed by atoms with Gasteiger partial charge in [-0.15, -0.1) is 54.1 Å². The Kier molecular flexibility index (Phi) is 13.8. The Morgan fingerprint density at radius 1 is 0.739 bits per heavy atom. The molecule has 8 heteroatoms. The number of nitriles is 1. The normalized spacial score (nSPS) is 11.9. The van der Waals surface area contributed by atoms with Crippen molar-refractivity contribution in [2.75, 3.05) is 0 Å². The SMILES string of the molecule is CC(C)(C)Cc1cc(-c2[c-]cccc2)ncc1[Si](C)(C)C.Cc1cccc2nc(-c3[c-]ccc4c3oc3nc(C#N)ccc34)n(-c3c(C(C)C)cc(-c4ccc5ccccc5c4)cc3C(C)C)c12.[Ir]. The zero-order valence-corrected chi connectivity index (χ0v) is 44.9. The average molecular weight is 1100 g/mol. The third-order valence-electron chi connectivity index (χ3n) is 12.7. The number of para-hydroxylation sites is 1. The first-order chi connectivity index (χ1) is 32.5. The first-order valence-electron chi connectivity index (χ1n) is 23.8. The number of furan rings is 1. The molecule has 6 nitrogen and oxygen atoms in total. The van der Waals surface area contributed by atoms with Crippen LogP contribution >= 0.6 is 0 Å². The number of nitrogens with zero attached hydrogens (tertiary/aromatic N) is 5. The predicted octanol–water partition coefficient (Wildman–Crippen LogP) is 15.7. The molecule has 0 saturated carbocycles. The summed E-state index contributed by atoms with van der Waals surface area (Å²) in [5.41, 5.74) is 15.2. The fourth-order valence-electron chi connectivity index (χ4n) is 9.47. The molecule has 0 aliphatic heterocycles. The van der Waals surface area contributed by atoms with Crippen molar-refractivity contribution < 1.29 is 24.5 Å². The molecule has 0 atom stereocenters. The number of imidazole rings is 1. The zero-order chi connectivity index (χ0) is 48.1. The summed E-state index contributed by atoms with van der Waals surface area (Å²) in [7, 11) is -1.37. The van der Waals surface area contributed by atoms with Gasteiger partial charge in [0.25, 0.3) is 0 Å². The van der Waals surface area contributed by atoms with Crippen molar-refractivity contribution in [1.29, 1.82) is 5.26 Å². The molecule has 0 aliphatic rings. The number of aryl methyl sites for hydroxylation is 1. The predicted molar refractivity (Wildman–Crippen MR) is 286 cm³/mol. The van der Waals surface area contributed by atoms with Crippen LogP contribution in [0.1, 0.15) is 88.2 Å². The summed E-state index contributed by atoms with van der Waals surface area (Å²) in [6, 6.07) is 53.1. The van der Waals surface area contributed by atoms with E-state index < -0.39 is 8.07 Å². The summed E-state index contributed by atoms with van der Waals surface area (Å²) in [5, 5.41) is 15.2. The summed E-state index contributed by atoms with van der Waals surface area (Å²) < 4.78 is 8.76. The molecule has 0 spiro atoms. The van der Waals surface area contributed by atoms with Crippen molar-refractivity contribution in [1.82, 2.24) is 19.5 Å². The Hall–Kier alpha value is -6.49. The van der Waals surface area contributed by atoms with Crippen LogP contribution in [0.4, 0.5) is 0 Å². The van der Waals surface area contributed by atoms with E-state index in [-0.39, 0.29) is 37.4 Å². The molecule has 0 N–H and O–H groups in total. The van der Waals surface area contributed by atoms with Gasteiger partial charge in [-0.3, -0.25) is 4.98 Å². The summed E-state index contributed by atoms with van der Waals surface area (Å²) >= 11 is 0. The van der Waals surface area contributed by atoms with Crippen molar-refractivity contribution >= 4 is 57.1 Å². The number of pyridine rings is 2. The Morgan fingerprint density at radius 3 is 2.13 bits per heavy atom. The van der Waals surface area contributed by atoms with E-state index in [9.17, 15) is 5.26 Å². The van der Waals surface area contributed by atoms with Crippen molar-refractivity contribution in [2.24, 2.45) is 5.41 Å². The van der Waals surface area contributed by atoms with Gasteiger partial charge in [0.1, 0.15) is 11.8 Å². The van der Waals surface area contributed by atoms with Crippen LogP contribution in [0.3, 0.4) is 0 Å². The number of hydrogen-bond acceptors (Lipinski definition) is 5. The smallest absolute Gasteiger partial charge is 0.217 e. The topological polar surface area (TPSA) is 80.5 Å². The molecule has 4 aromatic heterocycles. The van der Waals surface area contributed by atoms with E-state index in [0.717, 1.165) is 62.1 Å².